The van der Waals surface area contributed by atoms with Crippen LogP contribution in [0.4, 0.5) is 0 Å². The molecule has 0 radical (unpaired) electrons. The molecule has 0 saturated carbocycles. The molecule has 0 bridgehead atoms. The molecular formula is C8H15NO2. The highest BCUT2D eigenvalue weighted by molar-refractivity contribution is 4.80. The van der Waals surface area contributed by atoms with Crippen molar-refractivity contribution in [1.29, 1.82) is 0 Å². The number of allylic oxidation sites excluding steroid dienone is 1. The van der Waals surface area contributed by atoms with Crippen molar-refractivity contribution in [2.24, 2.45) is 5.34 Å². The van der Waals surface area contributed by atoms with Crippen LogP contribution in [0.3, 0.4) is 0 Å². The average Bonchev–Trinajstić information content (AvgIpc) is 1.99. The van der Waals surface area contributed by atoms with Crippen LogP contribution in [0, 0.1) is 4.91 Å². The molecule has 11 heavy (non-hydrogen) atoms. The van der Waals surface area contributed by atoms with E-state index in [0.29, 0.717) is 5.76 Å². The fourth-order valence-electron chi connectivity index (χ4n) is 0.847. The molecule has 0 aliphatic carbocycles. The van der Waals surface area contributed by atoms with Gasteiger partial charge >= 0.3 is 0 Å². The molecule has 0 fully saturated rings. The maximum Gasteiger partial charge on any atom is 0.160 e. The molecule has 0 unspecified atom stereocenters. The topological polar surface area (TPSA) is 38.7 Å². The summed E-state index contributed by atoms with van der Waals surface area (Å²) in [5, 5.41) is 2.28. The van der Waals surface area contributed by atoms with Crippen molar-refractivity contribution >= 4 is 0 Å². The fraction of sp³-hybridized carbons (Fsp3) is 0.750. The summed E-state index contributed by atoms with van der Waals surface area (Å²) in [6.07, 6.45) is 5.37. The Morgan fingerprint density at radius 3 is 2.73 bits per heavy atom. The van der Waals surface area contributed by atoms with Gasteiger partial charge < -0.3 is 4.84 Å². The number of rotatable bonds is 7. The van der Waals surface area contributed by atoms with Crippen LogP contribution in [-0.4, -0.2) is 0 Å². The van der Waals surface area contributed by atoms with Crippen molar-refractivity contribution in [3.63, 3.8) is 0 Å². The summed E-state index contributed by atoms with van der Waals surface area (Å²) < 4.78 is 0. The van der Waals surface area contributed by atoms with Crippen LogP contribution in [-0.2, 0) is 4.84 Å². The largest absolute Gasteiger partial charge is 0.329 e. The summed E-state index contributed by atoms with van der Waals surface area (Å²) in [4.78, 5) is 13.9. The summed E-state index contributed by atoms with van der Waals surface area (Å²) in [5.74, 6) is 0.469. The standard InChI is InChI=1S/C8H15NO2/c1-3-4-5-6-7-8(2)11-9-10/h2-7H2,1H3. The quantitative estimate of drug-likeness (QED) is 0.246. The summed E-state index contributed by atoms with van der Waals surface area (Å²) >= 11 is 0. The Hall–Kier alpha value is -0.860. The smallest absolute Gasteiger partial charge is 0.160 e. The molecule has 0 saturated heterocycles. The molecular weight excluding hydrogens is 142 g/mol. The minimum absolute atomic E-state index is 0.469. The van der Waals surface area contributed by atoms with Gasteiger partial charge in [0.25, 0.3) is 0 Å². The number of unbranched alkanes of at least 4 members (excludes halogenated alkanes) is 3. The lowest BCUT2D eigenvalue weighted by Crippen LogP contribution is -1.83. The monoisotopic (exact) mass is 157 g/mol. The Kier molecular flexibility index (Phi) is 6.68. The molecule has 0 amide bonds. The predicted molar refractivity (Wildman–Crippen MR) is 44.8 cm³/mol. The Morgan fingerprint density at radius 1 is 1.45 bits per heavy atom. The van der Waals surface area contributed by atoms with Gasteiger partial charge in [0, 0.05) is 6.42 Å². The lowest BCUT2D eigenvalue weighted by Gasteiger charge is -1.98. The first-order valence-corrected chi connectivity index (χ1v) is 3.98. The molecule has 0 aromatic carbocycles. The highest BCUT2D eigenvalue weighted by Gasteiger charge is 1.94. The van der Waals surface area contributed by atoms with Crippen molar-refractivity contribution < 1.29 is 4.84 Å². The highest BCUT2D eigenvalue weighted by Crippen LogP contribution is 2.09. The van der Waals surface area contributed by atoms with Crippen LogP contribution < -0.4 is 0 Å². The second-order valence-electron chi connectivity index (χ2n) is 2.52. The first-order valence-electron chi connectivity index (χ1n) is 3.98. The molecule has 0 aliphatic rings. The molecule has 64 valence electrons. The second-order valence-corrected chi connectivity index (χ2v) is 2.52. The third-order valence-electron chi connectivity index (χ3n) is 1.48. The Balaban J connectivity index is 3.10. The molecule has 0 aromatic rings. The van der Waals surface area contributed by atoms with Crippen LogP contribution in [0.25, 0.3) is 0 Å². The summed E-state index contributed by atoms with van der Waals surface area (Å²) in [7, 11) is 0. The zero-order valence-electron chi connectivity index (χ0n) is 7.01. The summed E-state index contributed by atoms with van der Waals surface area (Å²) in [6.45, 7) is 5.68. The van der Waals surface area contributed by atoms with Gasteiger partial charge in [-0.05, 0) is 6.42 Å². The maximum atomic E-state index is 9.57. The van der Waals surface area contributed by atoms with E-state index in [2.05, 4.69) is 23.7 Å². The fourth-order valence-corrected chi connectivity index (χ4v) is 0.847. The van der Waals surface area contributed by atoms with Gasteiger partial charge in [-0.25, -0.2) is 0 Å². The van der Waals surface area contributed by atoms with Gasteiger partial charge in [-0.3, -0.25) is 0 Å². The Morgan fingerprint density at radius 2 is 2.18 bits per heavy atom. The zero-order chi connectivity index (χ0) is 8.53. The van der Waals surface area contributed by atoms with Gasteiger partial charge in [-0.15, -0.1) is 4.91 Å². The van der Waals surface area contributed by atoms with Crippen molar-refractivity contribution in [3.8, 4) is 0 Å². The third kappa shape index (κ3) is 7.03. The lowest BCUT2D eigenvalue weighted by atomic mass is 10.1. The first kappa shape index (κ1) is 10.1. The minimum Gasteiger partial charge on any atom is -0.329 e. The van der Waals surface area contributed by atoms with Crippen molar-refractivity contribution in [1.82, 2.24) is 0 Å². The molecule has 3 heteroatoms. The minimum atomic E-state index is 0.469. The third-order valence-corrected chi connectivity index (χ3v) is 1.48. The maximum absolute atomic E-state index is 9.57. The molecule has 0 aromatic heterocycles. The van der Waals surface area contributed by atoms with Crippen LogP contribution in [0.1, 0.15) is 39.0 Å². The van der Waals surface area contributed by atoms with Crippen LogP contribution in [0.2, 0.25) is 0 Å². The molecule has 0 aliphatic heterocycles. The van der Waals surface area contributed by atoms with E-state index in [1.807, 2.05) is 0 Å². The van der Waals surface area contributed by atoms with E-state index in [4.69, 9.17) is 0 Å². The molecule has 0 rings (SSSR count). The van der Waals surface area contributed by atoms with E-state index < -0.39 is 0 Å². The van der Waals surface area contributed by atoms with Gasteiger partial charge in [0.15, 0.2) is 5.34 Å². The van der Waals surface area contributed by atoms with Gasteiger partial charge in [0.1, 0.15) is 5.76 Å². The second kappa shape index (κ2) is 7.25. The summed E-state index contributed by atoms with van der Waals surface area (Å²) in [5.41, 5.74) is 0. The molecule has 0 spiro atoms. The molecule has 3 nitrogen and oxygen atoms in total. The van der Waals surface area contributed by atoms with E-state index in [1.165, 1.54) is 12.8 Å². The Labute approximate surface area is 67.4 Å². The highest BCUT2D eigenvalue weighted by atomic mass is 16.7. The van der Waals surface area contributed by atoms with Crippen LogP contribution in [0.15, 0.2) is 17.7 Å². The van der Waals surface area contributed by atoms with E-state index >= 15 is 0 Å². The molecule has 0 N–H and O–H groups in total. The summed E-state index contributed by atoms with van der Waals surface area (Å²) in [6, 6.07) is 0. The van der Waals surface area contributed by atoms with Crippen molar-refractivity contribution in [2.75, 3.05) is 0 Å². The van der Waals surface area contributed by atoms with Gasteiger partial charge in [-0.2, -0.15) is 0 Å². The van der Waals surface area contributed by atoms with Crippen molar-refractivity contribution in [3.05, 3.63) is 17.2 Å². The van der Waals surface area contributed by atoms with E-state index in [-0.39, 0.29) is 0 Å². The van der Waals surface area contributed by atoms with Gasteiger partial charge in [0.2, 0.25) is 0 Å². The van der Waals surface area contributed by atoms with Gasteiger partial charge in [-0.1, -0.05) is 32.8 Å². The Bertz CT molecular complexity index is 123. The zero-order valence-corrected chi connectivity index (χ0v) is 7.01. The van der Waals surface area contributed by atoms with Crippen molar-refractivity contribution in [2.45, 2.75) is 39.0 Å². The first-order chi connectivity index (χ1) is 5.31. The van der Waals surface area contributed by atoms with Crippen LogP contribution in [0.5, 0.6) is 0 Å². The number of hydrogen-bond donors (Lipinski definition) is 0. The normalized spacial score (nSPS) is 9.18. The van der Waals surface area contributed by atoms with E-state index in [0.717, 1.165) is 19.3 Å². The lowest BCUT2D eigenvalue weighted by molar-refractivity contribution is 0.211. The SMILES string of the molecule is C=C(CCCCCC)ON=O. The average molecular weight is 157 g/mol. The molecule has 0 atom stereocenters. The number of nitrogens with zero attached hydrogens (tertiary/aromatic N) is 1. The van der Waals surface area contributed by atoms with Gasteiger partial charge in [0.05, 0.1) is 0 Å². The number of hydrogen-bond acceptors (Lipinski definition) is 3. The molecule has 0 heterocycles. The van der Waals surface area contributed by atoms with E-state index in [1.54, 1.807) is 0 Å². The van der Waals surface area contributed by atoms with E-state index in [9.17, 15) is 4.91 Å². The predicted octanol–water partition coefficient (Wildman–Crippen LogP) is 3.17. The van der Waals surface area contributed by atoms with Crippen LogP contribution >= 0.6 is 0 Å².